The van der Waals surface area contributed by atoms with Crippen LogP contribution in [0.15, 0.2) is 36.4 Å². The SMILES string of the molecule is Cc1nn(CCO)c(C)c1C1C=CC(NCc2ccc(N(C)C)cc2)C1. The Bertz CT molecular complexity index is 761. The third kappa shape index (κ3) is 4.00. The molecule has 1 heterocycles. The number of rotatable bonds is 7. The van der Waals surface area contributed by atoms with Crippen molar-refractivity contribution in [3.05, 3.63) is 58.9 Å². The zero-order chi connectivity index (χ0) is 18.7. The summed E-state index contributed by atoms with van der Waals surface area (Å²) in [5, 5.41) is 17.4. The second kappa shape index (κ2) is 8.06. The molecule has 1 aromatic carbocycles. The number of benzene rings is 1. The minimum atomic E-state index is 0.124. The smallest absolute Gasteiger partial charge is 0.0644 e. The molecule has 0 radical (unpaired) electrons. The van der Waals surface area contributed by atoms with Crippen LogP contribution in [-0.4, -0.2) is 41.6 Å². The molecule has 0 amide bonds. The second-order valence-electron chi connectivity index (χ2n) is 7.31. The molecule has 5 heteroatoms. The van der Waals surface area contributed by atoms with E-state index in [4.69, 9.17) is 0 Å². The minimum absolute atomic E-state index is 0.124. The average Bonchev–Trinajstić information content (AvgIpc) is 3.18. The maximum Gasteiger partial charge on any atom is 0.0644 e. The molecule has 2 N–H and O–H groups in total. The van der Waals surface area contributed by atoms with Gasteiger partial charge in [-0.3, -0.25) is 4.68 Å². The van der Waals surface area contributed by atoms with Gasteiger partial charge in [-0.1, -0.05) is 24.3 Å². The standard InChI is InChI=1S/C21H30N4O/c1-15-21(16(2)25(23-15)11-12-26)18-7-8-19(13-18)22-14-17-5-9-20(10-6-17)24(3)4/h5-10,18-19,22,26H,11-14H2,1-4H3. The Hall–Kier alpha value is -2.11. The predicted molar refractivity (Wildman–Crippen MR) is 107 cm³/mol. The zero-order valence-corrected chi connectivity index (χ0v) is 16.2. The Morgan fingerprint density at radius 1 is 1.19 bits per heavy atom. The number of aliphatic hydroxyl groups excluding tert-OH is 1. The van der Waals surface area contributed by atoms with Crippen LogP contribution in [0.25, 0.3) is 0 Å². The van der Waals surface area contributed by atoms with Crippen molar-refractivity contribution in [2.24, 2.45) is 0 Å². The highest BCUT2D eigenvalue weighted by molar-refractivity contribution is 5.46. The van der Waals surface area contributed by atoms with E-state index in [9.17, 15) is 5.11 Å². The number of allylic oxidation sites excluding steroid dienone is 1. The van der Waals surface area contributed by atoms with Gasteiger partial charge in [0.1, 0.15) is 0 Å². The molecule has 2 unspecified atom stereocenters. The Labute approximate surface area is 156 Å². The van der Waals surface area contributed by atoms with Gasteiger partial charge in [0.25, 0.3) is 0 Å². The molecule has 0 spiro atoms. The molecular weight excluding hydrogens is 324 g/mol. The molecule has 1 aliphatic carbocycles. The molecule has 26 heavy (non-hydrogen) atoms. The lowest BCUT2D eigenvalue weighted by Gasteiger charge is -2.16. The lowest BCUT2D eigenvalue weighted by Crippen LogP contribution is -2.25. The van der Waals surface area contributed by atoms with Crippen LogP contribution in [0.3, 0.4) is 0 Å². The van der Waals surface area contributed by atoms with Crippen molar-refractivity contribution >= 4 is 5.69 Å². The molecule has 1 aliphatic rings. The fourth-order valence-corrected chi connectivity index (χ4v) is 3.79. The third-order valence-corrected chi connectivity index (χ3v) is 5.22. The maximum atomic E-state index is 9.19. The normalized spacial score (nSPS) is 19.3. The molecule has 0 fully saturated rings. The molecule has 0 bridgehead atoms. The largest absolute Gasteiger partial charge is 0.394 e. The van der Waals surface area contributed by atoms with Gasteiger partial charge >= 0.3 is 0 Å². The van der Waals surface area contributed by atoms with Crippen molar-refractivity contribution in [1.29, 1.82) is 0 Å². The van der Waals surface area contributed by atoms with Crippen LogP contribution in [0.5, 0.6) is 0 Å². The number of anilines is 1. The molecule has 140 valence electrons. The summed E-state index contributed by atoms with van der Waals surface area (Å²) in [6.07, 6.45) is 5.64. The van der Waals surface area contributed by atoms with E-state index in [0.717, 1.165) is 18.7 Å². The Morgan fingerprint density at radius 3 is 2.58 bits per heavy atom. The number of hydrogen-bond acceptors (Lipinski definition) is 4. The van der Waals surface area contributed by atoms with Crippen LogP contribution >= 0.6 is 0 Å². The van der Waals surface area contributed by atoms with Gasteiger partial charge in [0, 0.05) is 49.5 Å². The van der Waals surface area contributed by atoms with Crippen molar-refractivity contribution < 1.29 is 5.11 Å². The van der Waals surface area contributed by atoms with Gasteiger partial charge in [0.05, 0.1) is 18.8 Å². The third-order valence-electron chi connectivity index (χ3n) is 5.22. The quantitative estimate of drug-likeness (QED) is 0.751. The summed E-state index contributed by atoms with van der Waals surface area (Å²) in [5.74, 6) is 0.399. The van der Waals surface area contributed by atoms with Crippen molar-refractivity contribution in [1.82, 2.24) is 15.1 Å². The van der Waals surface area contributed by atoms with Gasteiger partial charge in [-0.15, -0.1) is 0 Å². The first kappa shape index (κ1) is 18.7. The van der Waals surface area contributed by atoms with Gasteiger partial charge in [-0.05, 0) is 38.0 Å². The lowest BCUT2D eigenvalue weighted by atomic mass is 9.96. The van der Waals surface area contributed by atoms with E-state index in [1.165, 1.54) is 22.5 Å². The molecule has 2 atom stereocenters. The van der Waals surface area contributed by atoms with Gasteiger partial charge in [0.2, 0.25) is 0 Å². The highest BCUT2D eigenvalue weighted by atomic mass is 16.3. The molecule has 3 rings (SSSR count). The Morgan fingerprint density at radius 2 is 1.92 bits per heavy atom. The van der Waals surface area contributed by atoms with Crippen molar-refractivity contribution in [2.45, 2.75) is 45.3 Å². The van der Waals surface area contributed by atoms with Crippen molar-refractivity contribution in [2.75, 3.05) is 25.6 Å². The van der Waals surface area contributed by atoms with Crippen LogP contribution in [0.4, 0.5) is 5.69 Å². The summed E-state index contributed by atoms with van der Waals surface area (Å²) in [6, 6.07) is 9.07. The highest BCUT2D eigenvalue weighted by Crippen LogP contribution is 2.33. The molecule has 0 saturated heterocycles. The number of nitrogens with one attached hydrogen (secondary N) is 1. The van der Waals surface area contributed by atoms with E-state index in [-0.39, 0.29) is 6.61 Å². The molecule has 1 aromatic heterocycles. The Kier molecular flexibility index (Phi) is 5.79. The highest BCUT2D eigenvalue weighted by Gasteiger charge is 2.25. The van der Waals surface area contributed by atoms with E-state index in [2.05, 4.69) is 79.7 Å². The fraction of sp³-hybridized carbons (Fsp3) is 0.476. The van der Waals surface area contributed by atoms with Gasteiger partial charge < -0.3 is 15.3 Å². The first-order chi connectivity index (χ1) is 12.5. The van der Waals surface area contributed by atoms with Crippen LogP contribution in [0.1, 0.15) is 34.9 Å². The summed E-state index contributed by atoms with van der Waals surface area (Å²) in [7, 11) is 4.12. The minimum Gasteiger partial charge on any atom is -0.394 e. The summed E-state index contributed by atoms with van der Waals surface area (Å²) in [6.45, 7) is 5.73. The number of aryl methyl sites for hydroxylation is 1. The molecule has 2 aromatic rings. The van der Waals surface area contributed by atoms with Crippen molar-refractivity contribution in [3.8, 4) is 0 Å². The van der Waals surface area contributed by atoms with E-state index in [0.29, 0.717) is 18.5 Å². The number of hydrogen-bond donors (Lipinski definition) is 2. The fourth-order valence-electron chi connectivity index (χ4n) is 3.79. The van der Waals surface area contributed by atoms with Crippen molar-refractivity contribution in [3.63, 3.8) is 0 Å². The molecule has 5 nitrogen and oxygen atoms in total. The van der Waals surface area contributed by atoms with Crippen LogP contribution in [-0.2, 0) is 13.1 Å². The molecular formula is C21H30N4O. The first-order valence-electron chi connectivity index (χ1n) is 9.32. The van der Waals surface area contributed by atoms with Gasteiger partial charge in [-0.2, -0.15) is 5.10 Å². The summed E-state index contributed by atoms with van der Waals surface area (Å²) < 4.78 is 1.92. The number of aliphatic hydroxyl groups is 1. The maximum absolute atomic E-state index is 9.19. The van der Waals surface area contributed by atoms with E-state index < -0.39 is 0 Å². The summed E-state index contributed by atoms with van der Waals surface area (Å²) in [5.41, 5.74) is 6.09. The summed E-state index contributed by atoms with van der Waals surface area (Å²) in [4.78, 5) is 2.11. The topological polar surface area (TPSA) is 53.3 Å². The monoisotopic (exact) mass is 354 g/mol. The predicted octanol–water partition coefficient (Wildman–Crippen LogP) is 2.76. The molecule has 0 saturated carbocycles. The van der Waals surface area contributed by atoms with E-state index in [1.807, 2.05) is 4.68 Å². The van der Waals surface area contributed by atoms with Crippen LogP contribution in [0.2, 0.25) is 0 Å². The van der Waals surface area contributed by atoms with Crippen LogP contribution in [0, 0.1) is 13.8 Å². The zero-order valence-electron chi connectivity index (χ0n) is 16.2. The average molecular weight is 354 g/mol. The number of aromatic nitrogens is 2. The lowest BCUT2D eigenvalue weighted by molar-refractivity contribution is 0.267. The first-order valence-corrected chi connectivity index (χ1v) is 9.32. The molecule has 0 aliphatic heterocycles. The van der Waals surface area contributed by atoms with Gasteiger partial charge in [-0.25, -0.2) is 0 Å². The van der Waals surface area contributed by atoms with E-state index in [1.54, 1.807) is 0 Å². The number of nitrogens with zero attached hydrogens (tertiary/aromatic N) is 3. The second-order valence-corrected chi connectivity index (χ2v) is 7.31. The Balaban J connectivity index is 1.59. The van der Waals surface area contributed by atoms with Crippen LogP contribution < -0.4 is 10.2 Å². The summed E-state index contributed by atoms with van der Waals surface area (Å²) >= 11 is 0. The van der Waals surface area contributed by atoms with E-state index >= 15 is 0 Å². The van der Waals surface area contributed by atoms with Gasteiger partial charge in [0.15, 0.2) is 0 Å².